The van der Waals surface area contributed by atoms with Crippen LogP contribution in [0.1, 0.15) is 0 Å². The Labute approximate surface area is 240 Å². The van der Waals surface area contributed by atoms with Crippen LogP contribution in [0.25, 0.3) is 85.8 Å². The molecule has 9 aromatic rings. The minimum absolute atomic E-state index is 0.949. The van der Waals surface area contributed by atoms with Gasteiger partial charge in [-0.3, -0.25) is 9.97 Å². The monoisotopic (exact) mass is 538 g/mol. The van der Waals surface area contributed by atoms with E-state index in [9.17, 15) is 0 Å². The third-order valence-electron chi connectivity index (χ3n) is 8.37. The summed E-state index contributed by atoms with van der Waals surface area (Å²) in [5.74, 6) is 0. The molecule has 0 aliphatic carbocycles. The highest BCUT2D eigenvalue weighted by Crippen LogP contribution is 2.43. The molecule has 0 amide bonds. The largest absolute Gasteiger partial charge is 0.252 e. The van der Waals surface area contributed by atoms with Crippen LogP contribution < -0.4 is 0 Å². The summed E-state index contributed by atoms with van der Waals surface area (Å²) in [7, 11) is 0. The Morgan fingerprint density at radius 1 is 0.390 bits per heavy atom. The van der Waals surface area contributed by atoms with Crippen molar-refractivity contribution in [1.82, 2.24) is 9.97 Å². The van der Waals surface area contributed by atoms with Gasteiger partial charge in [-0.2, -0.15) is 0 Å². The zero-order valence-electron chi connectivity index (χ0n) is 22.0. The zero-order valence-corrected chi connectivity index (χ0v) is 22.8. The lowest BCUT2D eigenvalue weighted by atomic mass is 9.91. The Morgan fingerprint density at radius 2 is 0.976 bits per heavy atom. The van der Waals surface area contributed by atoms with Crippen LogP contribution in [-0.2, 0) is 0 Å². The van der Waals surface area contributed by atoms with Crippen molar-refractivity contribution in [2.75, 3.05) is 0 Å². The van der Waals surface area contributed by atoms with Gasteiger partial charge in [0.2, 0.25) is 0 Å². The van der Waals surface area contributed by atoms with Crippen LogP contribution in [0.5, 0.6) is 0 Å². The molecule has 0 aliphatic rings. The molecule has 0 aliphatic heterocycles. The molecule has 0 N–H and O–H groups in total. The molecular weight excluding hydrogens is 516 g/mol. The van der Waals surface area contributed by atoms with E-state index < -0.39 is 0 Å². The van der Waals surface area contributed by atoms with Crippen molar-refractivity contribution in [3.05, 3.63) is 134 Å². The van der Waals surface area contributed by atoms with E-state index in [2.05, 4.69) is 121 Å². The molecule has 0 atom stereocenters. The molecule has 0 unspecified atom stereocenters. The van der Waals surface area contributed by atoms with Crippen molar-refractivity contribution >= 4 is 74.9 Å². The smallest absolute Gasteiger partial charge is 0.0971 e. The second-order valence-corrected chi connectivity index (χ2v) is 11.6. The highest BCUT2D eigenvalue weighted by molar-refractivity contribution is 7.26. The van der Waals surface area contributed by atoms with E-state index >= 15 is 0 Å². The summed E-state index contributed by atoms with van der Waals surface area (Å²) >= 11 is 1.88. The highest BCUT2D eigenvalue weighted by atomic mass is 32.1. The fraction of sp³-hybridized carbons (Fsp3) is 0. The topological polar surface area (TPSA) is 25.8 Å². The summed E-state index contributed by atoms with van der Waals surface area (Å²) in [5, 5.41) is 9.86. The van der Waals surface area contributed by atoms with E-state index in [4.69, 9.17) is 9.97 Å². The Balaban J connectivity index is 1.30. The predicted molar refractivity (Wildman–Crippen MR) is 176 cm³/mol. The minimum Gasteiger partial charge on any atom is -0.252 e. The number of thiophene rings is 1. The first kappa shape index (κ1) is 22.7. The molecule has 0 saturated carbocycles. The van der Waals surface area contributed by atoms with Gasteiger partial charge in [-0.15, -0.1) is 11.3 Å². The van der Waals surface area contributed by atoms with Gasteiger partial charge in [-0.25, -0.2) is 0 Å². The van der Waals surface area contributed by atoms with Gasteiger partial charge in [0.25, 0.3) is 0 Å². The van der Waals surface area contributed by atoms with Crippen molar-refractivity contribution in [1.29, 1.82) is 0 Å². The number of nitrogens with zero attached hydrogens (tertiary/aromatic N) is 2. The first-order valence-electron chi connectivity index (χ1n) is 13.8. The SMILES string of the molecule is c1ccc2c(c1)sc1c(-c3cccc4c(-c5ccc6c(c5)c5ccccc5c5nccnc65)cccc34)cccc12. The normalized spacial score (nSPS) is 11.9. The quantitative estimate of drug-likeness (QED) is 0.205. The van der Waals surface area contributed by atoms with Crippen molar-refractivity contribution in [2.45, 2.75) is 0 Å². The summed E-state index contributed by atoms with van der Waals surface area (Å²) in [6.07, 6.45) is 3.57. The molecule has 2 aromatic heterocycles. The average molecular weight is 539 g/mol. The third-order valence-corrected chi connectivity index (χ3v) is 9.59. The fourth-order valence-corrected chi connectivity index (χ4v) is 7.78. The summed E-state index contributed by atoms with van der Waals surface area (Å²) in [6, 6.07) is 44.2. The van der Waals surface area contributed by atoms with Crippen molar-refractivity contribution in [2.24, 2.45) is 0 Å². The van der Waals surface area contributed by atoms with Gasteiger partial charge in [-0.1, -0.05) is 109 Å². The molecule has 7 aromatic carbocycles. The zero-order chi connectivity index (χ0) is 26.9. The van der Waals surface area contributed by atoms with Crippen LogP contribution in [-0.4, -0.2) is 9.97 Å². The standard InChI is InChI=1S/C38H22N2S/c1-2-10-30-28(8-1)34-22-23(18-19-31(34)37-36(30)39-20-21-40-37)24-11-5-13-26-25(24)12-6-14-27(26)32-15-7-16-33-29-9-3-4-17-35(29)41-38(32)33/h1-22H. The number of hydrogen-bond donors (Lipinski definition) is 0. The Bertz CT molecular complexity index is 2450. The maximum Gasteiger partial charge on any atom is 0.0971 e. The summed E-state index contributed by atoms with van der Waals surface area (Å²) in [6.45, 7) is 0. The second kappa shape index (κ2) is 8.69. The Kier molecular flexibility index (Phi) is 4.80. The van der Waals surface area contributed by atoms with Crippen LogP contribution >= 0.6 is 11.3 Å². The molecule has 2 nitrogen and oxygen atoms in total. The molecule has 0 bridgehead atoms. The van der Waals surface area contributed by atoms with E-state index in [-0.39, 0.29) is 0 Å². The molecule has 0 radical (unpaired) electrons. The van der Waals surface area contributed by atoms with Crippen molar-refractivity contribution in [3.8, 4) is 22.3 Å². The molecule has 0 saturated heterocycles. The van der Waals surface area contributed by atoms with Gasteiger partial charge in [0.15, 0.2) is 0 Å². The first-order valence-corrected chi connectivity index (χ1v) is 14.6. The fourth-order valence-electron chi connectivity index (χ4n) is 6.55. The van der Waals surface area contributed by atoms with E-state index in [1.807, 2.05) is 11.3 Å². The third kappa shape index (κ3) is 3.30. The van der Waals surface area contributed by atoms with Gasteiger partial charge < -0.3 is 0 Å². The maximum atomic E-state index is 4.74. The molecular formula is C38H22N2S. The maximum absolute atomic E-state index is 4.74. The molecule has 190 valence electrons. The van der Waals surface area contributed by atoms with Crippen LogP contribution in [0, 0.1) is 0 Å². The van der Waals surface area contributed by atoms with Gasteiger partial charge in [0.1, 0.15) is 0 Å². The van der Waals surface area contributed by atoms with Crippen molar-refractivity contribution < 1.29 is 0 Å². The van der Waals surface area contributed by atoms with E-state index in [1.54, 1.807) is 12.4 Å². The van der Waals surface area contributed by atoms with Gasteiger partial charge in [-0.05, 0) is 50.4 Å². The van der Waals surface area contributed by atoms with Crippen LogP contribution in [0.15, 0.2) is 134 Å². The molecule has 2 heterocycles. The minimum atomic E-state index is 0.949. The summed E-state index contributed by atoms with van der Waals surface area (Å²) in [5.41, 5.74) is 6.90. The van der Waals surface area contributed by atoms with Gasteiger partial charge in [0.05, 0.1) is 11.0 Å². The Morgan fingerprint density at radius 3 is 1.78 bits per heavy atom. The predicted octanol–water partition coefficient (Wildman–Crippen LogP) is 10.8. The molecule has 0 fully saturated rings. The lowest BCUT2D eigenvalue weighted by molar-refractivity contribution is 1.31. The highest BCUT2D eigenvalue weighted by Gasteiger charge is 2.15. The first-order chi connectivity index (χ1) is 20.3. The van der Waals surface area contributed by atoms with E-state index in [0.29, 0.717) is 0 Å². The number of hydrogen-bond acceptors (Lipinski definition) is 3. The molecule has 41 heavy (non-hydrogen) atoms. The van der Waals surface area contributed by atoms with Gasteiger partial charge in [0, 0.05) is 48.9 Å². The lowest BCUT2D eigenvalue weighted by Gasteiger charge is -2.14. The number of rotatable bonds is 2. The van der Waals surface area contributed by atoms with E-state index in [1.165, 1.54) is 64.0 Å². The molecule has 3 heteroatoms. The van der Waals surface area contributed by atoms with Crippen LogP contribution in [0.3, 0.4) is 0 Å². The molecule has 0 spiro atoms. The average Bonchev–Trinajstić information content (AvgIpc) is 3.43. The van der Waals surface area contributed by atoms with Crippen LogP contribution in [0.4, 0.5) is 0 Å². The molecule has 9 rings (SSSR count). The second-order valence-electron chi connectivity index (χ2n) is 10.5. The van der Waals surface area contributed by atoms with Crippen LogP contribution in [0.2, 0.25) is 0 Å². The Hall–Kier alpha value is -5.12. The lowest BCUT2D eigenvalue weighted by Crippen LogP contribution is -1.90. The van der Waals surface area contributed by atoms with E-state index in [0.717, 1.165) is 21.8 Å². The van der Waals surface area contributed by atoms with Gasteiger partial charge >= 0.3 is 0 Å². The summed E-state index contributed by atoms with van der Waals surface area (Å²) < 4.78 is 2.67. The number of benzene rings is 7. The number of aromatic nitrogens is 2. The number of fused-ring (bicyclic) bond motifs is 10. The summed E-state index contributed by atoms with van der Waals surface area (Å²) in [4.78, 5) is 9.43. The van der Waals surface area contributed by atoms with Crippen molar-refractivity contribution in [3.63, 3.8) is 0 Å².